The summed E-state index contributed by atoms with van der Waals surface area (Å²) < 4.78 is 0. The Bertz CT molecular complexity index is 1060. The molecule has 0 aliphatic heterocycles. The van der Waals surface area contributed by atoms with Gasteiger partial charge >= 0.3 is 0 Å². The van der Waals surface area contributed by atoms with Crippen molar-refractivity contribution >= 4 is 52.0 Å². The molecule has 1 saturated carbocycles. The van der Waals surface area contributed by atoms with Crippen LogP contribution in [0.5, 0.6) is 0 Å². The summed E-state index contributed by atoms with van der Waals surface area (Å²) in [7, 11) is 0. The number of hydrogen-bond acceptors (Lipinski definition) is 2. The fourth-order valence-corrected chi connectivity index (χ4v) is 6.00. The van der Waals surface area contributed by atoms with E-state index in [9.17, 15) is 4.79 Å². The lowest BCUT2D eigenvalue weighted by Crippen LogP contribution is -2.33. The molecule has 0 spiro atoms. The highest BCUT2D eigenvalue weighted by molar-refractivity contribution is 7.16. The van der Waals surface area contributed by atoms with Crippen LogP contribution >= 0.6 is 46.1 Å². The highest BCUT2D eigenvalue weighted by atomic mass is 35.5. The van der Waals surface area contributed by atoms with Crippen LogP contribution in [0, 0.1) is 5.92 Å². The molecule has 6 heteroatoms. The molecule has 2 nitrogen and oxygen atoms in total. The first-order chi connectivity index (χ1) is 15.0. The zero-order valence-electron chi connectivity index (χ0n) is 17.1. The molecule has 1 aliphatic carbocycles. The second-order valence-electron chi connectivity index (χ2n) is 7.96. The predicted octanol–water partition coefficient (Wildman–Crippen LogP) is 8.28. The highest BCUT2D eigenvalue weighted by Crippen LogP contribution is 2.43. The summed E-state index contributed by atoms with van der Waals surface area (Å²) in [5, 5.41) is 5.09. The van der Waals surface area contributed by atoms with Crippen molar-refractivity contribution in [2.45, 2.75) is 38.5 Å². The topological polar surface area (TPSA) is 29.1 Å². The van der Waals surface area contributed by atoms with Gasteiger partial charge in [0.1, 0.15) is 0 Å². The molecule has 1 amide bonds. The zero-order chi connectivity index (χ0) is 21.8. The minimum Gasteiger partial charge on any atom is -0.356 e. The van der Waals surface area contributed by atoms with Gasteiger partial charge in [-0.15, -0.1) is 11.3 Å². The number of rotatable bonds is 6. The lowest BCUT2D eigenvalue weighted by Gasteiger charge is -2.20. The van der Waals surface area contributed by atoms with E-state index in [-0.39, 0.29) is 11.8 Å². The molecule has 2 aromatic carbocycles. The van der Waals surface area contributed by atoms with Gasteiger partial charge in [0.05, 0.1) is 5.02 Å². The first-order valence-electron chi connectivity index (χ1n) is 10.6. The second kappa shape index (κ2) is 10.4. The summed E-state index contributed by atoms with van der Waals surface area (Å²) in [4.78, 5) is 14.8. The third-order valence-electron chi connectivity index (χ3n) is 5.76. The van der Waals surface area contributed by atoms with E-state index in [0.717, 1.165) is 40.8 Å². The molecular weight excluding hydrogens is 469 g/mol. The van der Waals surface area contributed by atoms with Crippen LogP contribution in [0.4, 0.5) is 0 Å². The van der Waals surface area contributed by atoms with Crippen molar-refractivity contribution in [3.63, 3.8) is 0 Å². The Balaban J connectivity index is 1.56. The third kappa shape index (κ3) is 5.64. The van der Waals surface area contributed by atoms with E-state index < -0.39 is 0 Å². The van der Waals surface area contributed by atoms with Gasteiger partial charge in [-0.25, -0.2) is 0 Å². The Morgan fingerprint density at radius 3 is 2.32 bits per heavy atom. The van der Waals surface area contributed by atoms with Gasteiger partial charge in [-0.3, -0.25) is 4.79 Å². The van der Waals surface area contributed by atoms with E-state index in [1.807, 2.05) is 36.4 Å². The van der Waals surface area contributed by atoms with Crippen LogP contribution in [-0.2, 0) is 11.2 Å². The van der Waals surface area contributed by atoms with Gasteiger partial charge in [0.25, 0.3) is 0 Å². The summed E-state index contributed by atoms with van der Waals surface area (Å²) in [5.41, 5.74) is 3.15. The molecule has 1 aliphatic rings. The SMILES string of the molecule is O=C(NCCc1cc(-c2ccc(Cl)cc2)c(-c2ccc(Cl)cc2Cl)s1)C1CCCCC1. The van der Waals surface area contributed by atoms with Crippen molar-refractivity contribution in [2.75, 3.05) is 6.54 Å². The van der Waals surface area contributed by atoms with Gasteiger partial charge in [-0.05, 0) is 55.2 Å². The molecular formula is C25H24Cl3NOS. The summed E-state index contributed by atoms with van der Waals surface area (Å²) >= 11 is 20.4. The van der Waals surface area contributed by atoms with Crippen LogP contribution < -0.4 is 5.32 Å². The summed E-state index contributed by atoms with van der Waals surface area (Å²) in [6.07, 6.45) is 6.41. The van der Waals surface area contributed by atoms with Gasteiger partial charge in [-0.2, -0.15) is 0 Å². The highest BCUT2D eigenvalue weighted by Gasteiger charge is 2.21. The molecule has 1 aromatic heterocycles. The maximum atomic E-state index is 12.5. The largest absolute Gasteiger partial charge is 0.356 e. The Kier molecular flexibility index (Phi) is 7.60. The van der Waals surface area contributed by atoms with Crippen molar-refractivity contribution in [3.8, 4) is 21.6 Å². The van der Waals surface area contributed by atoms with E-state index in [4.69, 9.17) is 34.8 Å². The second-order valence-corrected chi connectivity index (χ2v) is 10.4. The van der Waals surface area contributed by atoms with Crippen molar-refractivity contribution < 1.29 is 4.79 Å². The average molecular weight is 493 g/mol. The van der Waals surface area contributed by atoms with E-state index in [1.54, 1.807) is 17.4 Å². The number of nitrogens with one attached hydrogen (secondary N) is 1. The number of hydrogen-bond donors (Lipinski definition) is 1. The number of amides is 1. The quantitative estimate of drug-likeness (QED) is 0.368. The summed E-state index contributed by atoms with van der Waals surface area (Å²) in [6.45, 7) is 0.643. The Morgan fingerprint density at radius 2 is 1.61 bits per heavy atom. The number of carbonyl (C=O) groups is 1. The number of halogens is 3. The fraction of sp³-hybridized carbons (Fsp3) is 0.320. The first-order valence-corrected chi connectivity index (χ1v) is 12.6. The van der Waals surface area contributed by atoms with Gasteiger partial charge in [-0.1, -0.05) is 72.3 Å². The molecule has 4 rings (SSSR count). The molecule has 162 valence electrons. The Hall–Kier alpha value is -1.52. The van der Waals surface area contributed by atoms with Gasteiger partial charge < -0.3 is 5.32 Å². The maximum Gasteiger partial charge on any atom is 0.223 e. The number of carbonyl (C=O) groups excluding carboxylic acids is 1. The van der Waals surface area contributed by atoms with Crippen LogP contribution in [0.25, 0.3) is 21.6 Å². The van der Waals surface area contributed by atoms with Crippen LogP contribution in [0.1, 0.15) is 37.0 Å². The summed E-state index contributed by atoms with van der Waals surface area (Å²) in [5.74, 6) is 0.389. The van der Waals surface area contributed by atoms with Crippen molar-refractivity contribution in [3.05, 3.63) is 68.5 Å². The number of benzene rings is 2. The molecule has 1 heterocycles. The number of thiophene rings is 1. The lowest BCUT2D eigenvalue weighted by molar-refractivity contribution is -0.125. The third-order valence-corrected chi connectivity index (χ3v) is 7.79. The molecule has 0 bridgehead atoms. The molecule has 1 fully saturated rings. The minimum absolute atomic E-state index is 0.185. The monoisotopic (exact) mass is 491 g/mol. The lowest BCUT2D eigenvalue weighted by atomic mass is 9.89. The smallest absolute Gasteiger partial charge is 0.223 e. The van der Waals surface area contributed by atoms with Gasteiger partial charge in [0.15, 0.2) is 0 Å². The van der Waals surface area contributed by atoms with E-state index in [1.165, 1.54) is 24.1 Å². The normalized spacial score (nSPS) is 14.5. The van der Waals surface area contributed by atoms with Crippen molar-refractivity contribution in [1.29, 1.82) is 0 Å². The molecule has 31 heavy (non-hydrogen) atoms. The molecule has 0 saturated heterocycles. The summed E-state index contributed by atoms with van der Waals surface area (Å²) in [6, 6.07) is 15.6. The maximum absolute atomic E-state index is 12.5. The first kappa shape index (κ1) is 22.7. The minimum atomic E-state index is 0.185. The Labute approximate surface area is 202 Å². The van der Waals surface area contributed by atoms with Crippen LogP contribution in [-0.4, -0.2) is 12.5 Å². The molecule has 0 radical (unpaired) electrons. The van der Waals surface area contributed by atoms with E-state index in [0.29, 0.717) is 21.6 Å². The van der Waals surface area contributed by atoms with Crippen LogP contribution in [0.2, 0.25) is 15.1 Å². The van der Waals surface area contributed by atoms with Gasteiger partial charge in [0.2, 0.25) is 5.91 Å². The van der Waals surface area contributed by atoms with Crippen molar-refractivity contribution in [1.82, 2.24) is 5.32 Å². The average Bonchev–Trinajstić information content (AvgIpc) is 3.18. The molecule has 1 N–H and O–H groups in total. The van der Waals surface area contributed by atoms with Crippen LogP contribution in [0.3, 0.4) is 0 Å². The van der Waals surface area contributed by atoms with Crippen LogP contribution in [0.15, 0.2) is 48.5 Å². The van der Waals surface area contributed by atoms with Gasteiger partial charge in [0, 0.05) is 43.4 Å². The molecule has 3 aromatic rings. The zero-order valence-corrected chi connectivity index (χ0v) is 20.2. The van der Waals surface area contributed by atoms with E-state index in [2.05, 4.69) is 11.4 Å². The predicted molar refractivity (Wildman–Crippen MR) is 134 cm³/mol. The standard InChI is InChI=1S/C25H24Cl3NOS/c26-18-8-6-16(7-9-18)22-15-20(12-13-29-25(30)17-4-2-1-3-5-17)31-24(22)21-11-10-19(27)14-23(21)28/h6-11,14-15,17H,1-5,12-13H2,(H,29,30). The Morgan fingerprint density at radius 1 is 0.903 bits per heavy atom. The molecule has 0 atom stereocenters. The molecule has 0 unspecified atom stereocenters. The fourth-order valence-electron chi connectivity index (χ4n) is 4.10. The van der Waals surface area contributed by atoms with Crippen molar-refractivity contribution in [2.24, 2.45) is 5.92 Å². The van der Waals surface area contributed by atoms with E-state index >= 15 is 0 Å².